The summed E-state index contributed by atoms with van der Waals surface area (Å²) in [5.74, 6) is -0.246. The van der Waals surface area contributed by atoms with Crippen molar-refractivity contribution in [1.82, 2.24) is 0 Å². The zero-order valence-electron chi connectivity index (χ0n) is 23.0. The number of hydrogen-bond donors (Lipinski definition) is 1. The molecule has 0 spiro atoms. The van der Waals surface area contributed by atoms with Crippen LogP contribution in [0.1, 0.15) is 28.7 Å². The normalized spacial score (nSPS) is 22.5. The number of carbonyl (C=O) groups excluding carboxylic acids is 1. The third-order valence-electron chi connectivity index (χ3n) is 7.22. The van der Waals surface area contributed by atoms with E-state index in [0.29, 0.717) is 6.61 Å². The molecule has 4 atom stereocenters. The summed E-state index contributed by atoms with van der Waals surface area (Å²) in [7, 11) is 0. The van der Waals surface area contributed by atoms with Gasteiger partial charge in [-0.05, 0) is 22.3 Å². The molecule has 0 unspecified atom stereocenters. The van der Waals surface area contributed by atoms with Crippen LogP contribution in [0.15, 0.2) is 121 Å². The Morgan fingerprint density at radius 3 is 1.49 bits per heavy atom. The van der Waals surface area contributed by atoms with Gasteiger partial charge in [0.1, 0.15) is 23.9 Å². The number of ether oxygens (including phenoxy) is 4. The molecule has 0 bridgehead atoms. The Balaban J connectivity index is 1.40. The average Bonchev–Trinajstić information content (AvgIpc) is 3.01. The summed E-state index contributed by atoms with van der Waals surface area (Å²) in [6.45, 7) is 0.903. The molecule has 1 aliphatic carbocycles. The molecule has 0 aliphatic heterocycles. The fraction of sp³-hybridized carbons (Fsp3) is 0.286. The van der Waals surface area contributed by atoms with Crippen molar-refractivity contribution in [3.05, 3.63) is 144 Å². The molecule has 0 saturated heterocycles. The minimum absolute atomic E-state index is 0.0936. The molecule has 0 radical (unpaired) electrons. The summed E-state index contributed by atoms with van der Waals surface area (Å²) < 4.78 is 25.1. The minimum atomic E-state index is -1.62. The van der Waals surface area contributed by atoms with Crippen molar-refractivity contribution in [3.8, 4) is 0 Å². The zero-order valence-corrected chi connectivity index (χ0v) is 23.0. The number of carbonyl (C=O) groups is 1. The van der Waals surface area contributed by atoms with Crippen molar-refractivity contribution >= 4 is 5.78 Å². The average molecular weight is 553 g/mol. The van der Waals surface area contributed by atoms with Crippen LogP contribution >= 0.6 is 0 Å². The predicted molar refractivity (Wildman–Crippen MR) is 156 cm³/mol. The molecule has 6 nitrogen and oxygen atoms in total. The van der Waals surface area contributed by atoms with Crippen LogP contribution in [0.25, 0.3) is 0 Å². The van der Waals surface area contributed by atoms with Gasteiger partial charge in [-0.1, -0.05) is 121 Å². The van der Waals surface area contributed by atoms with Gasteiger partial charge in [-0.15, -0.1) is 0 Å². The van der Waals surface area contributed by atoms with Crippen molar-refractivity contribution in [1.29, 1.82) is 0 Å². The van der Waals surface area contributed by atoms with Gasteiger partial charge in [0.05, 0.1) is 33.0 Å². The maximum absolute atomic E-state index is 13.6. The van der Waals surface area contributed by atoms with Crippen LogP contribution < -0.4 is 0 Å². The van der Waals surface area contributed by atoms with Gasteiger partial charge in [0.25, 0.3) is 0 Å². The molecule has 1 saturated carbocycles. The van der Waals surface area contributed by atoms with Gasteiger partial charge < -0.3 is 24.1 Å². The molecule has 6 heteroatoms. The van der Waals surface area contributed by atoms with E-state index in [1.807, 2.05) is 121 Å². The third-order valence-corrected chi connectivity index (χ3v) is 7.22. The fourth-order valence-corrected chi connectivity index (χ4v) is 5.10. The van der Waals surface area contributed by atoms with Gasteiger partial charge in [-0.25, -0.2) is 0 Å². The number of rotatable bonds is 13. The molecule has 0 aromatic heterocycles. The van der Waals surface area contributed by atoms with E-state index in [9.17, 15) is 9.90 Å². The lowest BCUT2D eigenvalue weighted by Gasteiger charge is -2.46. The van der Waals surface area contributed by atoms with Gasteiger partial charge in [0.15, 0.2) is 5.78 Å². The summed E-state index contributed by atoms with van der Waals surface area (Å²) in [5, 5.41) is 12.0. The lowest BCUT2D eigenvalue weighted by molar-refractivity contribution is -0.240. The van der Waals surface area contributed by atoms with Gasteiger partial charge >= 0.3 is 0 Å². The van der Waals surface area contributed by atoms with Crippen LogP contribution in [0, 0.1) is 0 Å². The summed E-state index contributed by atoms with van der Waals surface area (Å²) in [4.78, 5) is 13.6. The lowest BCUT2D eigenvalue weighted by Crippen LogP contribution is -2.65. The maximum Gasteiger partial charge on any atom is 0.167 e. The smallest absolute Gasteiger partial charge is 0.167 e. The Morgan fingerprint density at radius 1 is 0.585 bits per heavy atom. The number of hydrogen-bond acceptors (Lipinski definition) is 6. The molecule has 212 valence electrons. The molecule has 41 heavy (non-hydrogen) atoms. The summed E-state index contributed by atoms with van der Waals surface area (Å²) >= 11 is 0. The number of ketones is 1. The van der Waals surface area contributed by atoms with Crippen LogP contribution in [0.3, 0.4) is 0 Å². The molecule has 1 N–H and O–H groups in total. The van der Waals surface area contributed by atoms with Crippen molar-refractivity contribution in [2.24, 2.45) is 0 Å². The predicted octanol–water partition coefficient (Wildman–Crippen LogP) is 5.66. The Morgan fingerprint density at radius 2 is 1.00 bits per heavy atom. The largest absolute Gasteiger partial charge is 0.384 e. The molecular weight excluding hydrogens is 516 g/mol. The molecule has 1 aliphatic rings. The Bertz CT molecular complexity index is 1330. The highest BCUT2D eigenvalue weighted by atomic mass is 16.6. The summed E-state index contributed by atoms with van der Waals surface area (Å²) in [6.07, 6.45) is -2.85. The molecule has 0 heterocycles. The van der Waals surface area contributed by atoms with Crippen LogP contribution in [0.5, 0.6) is 0 Å². The standard InChI is InChI=1S/C35H36O6/c36-31-21-35(37,26-38-22-27-13-5-1-6-14-27)34(41-25-30-19-11-4-12-20-30)33(40-24-29-17-9-3-10-18-29)32(31)39-23-28-15-7-2-8-16-28/h1-20,32-34,37H,21-26H2/t32-,33-,34+,35-/m1/s1. The second-order valence-corrected chi connectivity index (χ2v) is 10.4. The topological polar surface area (TPSA) is 74.2 Å². The Labute approximate surface area is 241 Å². The number of Topliss-reactive ketones (excluding diaryl/α,β-unsaturated/α-hetero) is 1. The van der Waals surface area contributed by atoms with Gasteiger partial charge in [0, 0.05) is 6.42 Å². The monoisotopic (exact) mass is 552 g/mol. The van der Waals surface area contributed by atoms with Crippen molar-refractivity contribution < 1.29 is 28.8 Å². The highest BCUT2D eigenvalue weighted by molar-refractivity contribution is 5.86. The molecule has 0 amide bonds. The number of benzene rings is 4. The molecule has 4 aromatic rings. The number of aliphatic hydroxyl groups is 1. The molecule has 4 aromatic carbocycles. The van der Waals surface area contributed by atoms with Gasteiger partial charge in [-0.2, -0.15) is 0 Å². The van der Waals surface area contributed by atoms with Crippen molar-refractivity contribution in [2.45, 2.75) is 56.8 Å². The highest BCUT2D eigenvalue weighted by Crippen LogP contribution is 2.35. The Kier molecular flexibility index (Phi) is 10.1. The van der Waals surface area contributed by atoms with Crippen molar-refractivity contribution in [3.63, 3.8) is 0 Å². The van der Waals surface area contributed by atoms with E-state index >= 15 is 0 Å². The van der Waals surface area contributed by atoms with Gasteiger partial charge in [0.2, 0.25) is 0 Å². The highest BCUT2D eigenvalue weighted by Gasteiger charge is 2.55. The Hall–Kier alpha value is -3.65. The second-order valence-electron chi connectivity index (χ2n) is 10.4. The van der Waals surface area contributed by atoms with E-state index < -0.39 is 23.9 Å². The quantitative estimate of drug-likeness (QED) is 0.231. The molecular formula is C35H36O6. The van der Waals surface area contributed by atoms with Crippen LogP contribution in [0.2, 0.25) is 0 Å². The van der Waals surface area contributed by atoms with E-state index in [4.69, 9.17) is 18.9 Å². The van der Waals surface area contributed by atoms with Gasteiger partial charge in [-0.3, -0.25) is 4.79 Å². The van der Waals surface area contributed by atoms with E-state index in [1.165, 1.54) is 0 Å². The first kappa shape index (κ1) is 28.9. The lowest BCUT2D eigenvalue weighted by atomic mass is 9.78. The second kappa shape index (κ2) is 14.3. The third kappa shape index (κ3) is 7.97. The summed E-state index contributed by atoms with van der Waals surface area (Å²) in [6, 6.07) is 38.9. The van der Waals surface area contributed by atoms with Crippen LogP contribution in [0.4, 0.5) is 0 Å². The first-order chi connectivity index (χ1) is 20.1. The SMILES string of the molecule is O=C1C[C@@](O)(COCc2ccccc2)[C@@H](OCc2ccccc2)[C@H](OCc2ccccc2)[C@@H]1OCc1ccccc1. The van der Waals surface area contributed by atoms with E-state index in [1.54, 1.807) is 0 Å². The first-order valence-corrected chi connectivity index (χ1v) is 13.9. The molecule has 1 fully saturated rings. The van der Waals surface area contributed by atoms with Crippen LogP contribution in [-0.2, 0) is 50.2 Å². The van der Waals surface area contributed by atoms with E-state index in [0.717, 1.165) is 22.3 Å². The van der Waals surface area contributed by atoms with E-state index in [-0.39, 0.29) is 38.6 Å². The summed E-state index contributed by atoms with van der Waals surface area (Å²) in [5.41, 5.74) is 2.18. The fourth-order valence-electron chi connectivity index (χ4n) is 5.10. The first-order valence-electron chi connectivity index (χ1n) is 13.9. The van der Waals surface area contributed by atoms with Crippen molar-refractivity contribution in [2.75, 3.05) is 6.61 Å². The maximum atomic E-state index is 13.6. The zero-order chi connectivity index (χ0) is 28.3. The van der Waals surface area contributed by atoms with E-state index in [2.05, 4.69) is 0 Å². The minimum Gasteiger partial charge on any atom is -0.384 e. The molecule has 5 rings (SSSR count). The van der Waals surface area contributed by atoms with Crippen LogP contribution in [-0.4, -0.2) is 41.4 Å².